The molecular weight excluding hydrogens is 361 g/mol. The molecule has 2 nitrogen and oxygen atoms in total. The highest BCUT2D eigenvalue weighted by Crippen LogP contribution is 2.35. The standard InChI is InChI=1S/C12H7ClIN2.Al/c1-6-10(13)9-7-4-2-3-5-8(7)15-12(9)16-11(6)14;/h2-5H,1H3;/q-1;+1. The second kappa shape index (κ2) is 4.13. The molecular formula is C12H7AlClIN2. The third-order valence-corrected chi connectivity index (χ3v) is 4.99. The quantitative estimate of drug-likeness (QED) is 0.336. The van der Waals surface area contributed by atoms with Gasteiger partial charge in [-0.25, -0.2) is 4.98 Å². The van der Waals surface area contributed by atoms with Crippen LogP contribution in [0.4, 0.5) is 0 Å². The molecule has 0 spiro atoms. The highest BCUT2D eigenvalue weighted by molar-refractivity contribution is 14.1. The molecule has 0 fully saturated rings. The van der Waals surface area contributed by atoms with E-state index in [1.807, 2.05) is 22.6 Å². The van der Waals surface area contributed by atoms with E-state index in [2.05, 4.69) is 56.2 Å². The molecule has 82 valence electrons. The summed E-state index contributed by atoms with van der Waals surface area (Å²) in [5.41, 5.74) is 3.08. The van der Waals surface area contributed by atoms with Crippen LogP contribution in [0.2, 0.25) is 5.02 Å². The van der Waals surface area contributed by atoms with E-state index in [9.17, 15) is 0 Å². The molecule has 2 heterocycles. The average molecular weight is 369 g/mol. The molecule has 0 amide bonds. The Morgan fingerprint density at radius 3 is 2.82 bits per heavy atom. The summed E-state index contributed by atoms with van der Waals surface area (Å²) in [6.07, 6.45) is 0. The molecule has 5 heteroatoms. The summed E-state index contributed by atoms with van der Waals surface area (Å²) in [5.74, 6) is 0. The van der Waals surface area contributed by atoms with Gasteiger partial charge in [0.05, 0.1) is 5.02 Å². The molecule has 0 saturated carbocycles. The monoisotopic (exact) mass is 368 g/mol. The van der Waals surface area contributed by atoms with Gasteiger partial charge in [-0.2, -0.15) is 0 Å². The normalized spacial score (nSPS) is 11.5. The van der Waals surface area contributed by atoms with E-state index in [1.54, 1.807) is 0 Å². The maximum Gasteiger partial charge on any atom is 0.320 e. The Kier molecular flexibility index (Phi) is 2.87. The summed E-state index contributed by atoms with van der Waals surface area (Å²) in [5, 5.41) is 2.99. The van der Waals surface area contributed by atoms with Gasteiger partial charge in [0.15, 0.2) is 0 Å². The lowest BCUT2D eigenvalue weighted by Gasteiger charge is -2.04. The Bertz CT molecular complexity index is 751. The Morgan fingerprint density at radius 1 is 1.35 bits per heavy atom. The molecule has 0 N–H and O–H groups in total. The van der Waals surface area contributed by atoms with Crippen LogP contribution in [-0.4, -0.2) is 25.0 Å². The van der Waals surface area contributed by atoms with Crippen LogP contribution < -0.4 is 0 Å². The first-order chi connectivity index (χ1) is 8.11. The zero-order chi connectivity index (χ0) is 12.2. The van der Waals surface area contributed by atoms with Crippen LogP contribution >= 0.6 is 34.2 Å². The number of hydrogen-bond donors (Lipinski definition) is 0. The van der Waals surface area contributed by atoms with E-state index in [1.165, 1.54) is 0 Å². The second-order valence-electron chi connectivity index (χ2n) is 3.93. The molecule has 0 aliphatic rings. The highest BCUT2D eigenvalue weighted by Gasteiger charge is 2.14. The van der Waals surface area contributed by atoms with Gasteiger partial charge in [0.2, 0.25) is 0 Å². The SMILES string of the molecule is Cc1c(I)nc2c(c1Cl)c1ccccc1[n]2[Al]. The highest BCUT2D eigenvalue weighted by atomic mass is 127. The number of pyridine rings is 1. The molecule has 17 heavy (non-hydrogen) atoms. The number of fused-ring (bicyclic) bond motifs is 3. The average Bonchev–Trinajstić information content (AvgIpc) is 2.61. The number of nitrogens with zero attached hydrogens (tertiary/aromatic N) is 2. The summed E-state index contributed by atoms with van der Waals surface area (Å²) < 4.78 is 2.96. The number of rotatable bonds is 0. The van der Waals surface area contributed by atoms with Crippen LogP contribution in [-0.2, 0) is 0 Å². The van der Waals surface area contributed by atoms with Crippen molar-refractivity contribution in [2.24, 2.45) is 0 Å². The van der Waals surface area contributed by atoms with Crippen LogP contribution in [0.15, 0.2) is 24.3 Å². The molecule has 0 unspecified atom stereocenters. The van der Waals surface area contributed by atoms with Gasteiger partial charge in [0, 0.05) is 21.9 Å². The number of para-hydroxylation sites is 1. The smallest absolute Gasteiger partial charge is 0.320 e. The first-order valence-corrected chi connectivity index (χ1v) is 7.08. The lowest BCUT2D eigenvalue weighted by Crippen LogP contribution is -1.96. The Balaban J connectivity index is 2.68. The first kappa shape index (κ1) is 11.8. The molecule has 2 radical (unpaired) electrons. The summed E-state index contributed by atoms with van der Waals surface area (Å²) >= 11 is 11.4. The van der Waals surface area contributed by atoms with Crippen LogP contribution in [0.3, 0.4) is 0 Å². The predicted octanol–water partition coefficient (Wildman–Crippen LogP) is 3.69. The van der Waals surface area contributed by atoms with Crippen LogP contribution in [0.1, 0.15) is 5.56 Å². The van der Waals surface area contributed by atoms with Crippen molar-refractivity contribution in [3.8, 4) is 0 Å². The minimum absolute atomic E-state index is 0.803. The summed E-state index contributed by atoms with van der Waals surface area (Å²) in [4.78, 5) is 4.62. The van der Waals surface area contributed by atoms with E-state index in [0.717, 1.165) is 36.2 Å². The topological polar surface area (TPSA) is 17.8 Å². The lowest BCUT2D eigenvalue weighted by atomic mass is 10.1. The van der Waals surface area contributed by atoms with Crippen molar-refractivity contribution in [3.63, 3.8) is 0 Å². The molecule has 1 aromatic carbocycles. The zero-order valence-electron chi connectivity index (χ0n) is 9.04. The number of hydrogen-bond acceptors (Lipinski definition) is 1. The van der Waals surface area contributed by atoms with E-state index in [-0.39, 0.29) is 0 Å². The van der Waals surface area contributed by atoms with Gasteiger partial charge in [-0.3, -0.25) is 0 Å². The Labute approximate surface area is 126 Å². The summed E-state index contributed by atoms with van der Waals surface area (Å²) in [7, 11) is 0. The summed E-state index contributed by atoms with van der Waals surface area (Å²) in [6.45, 7) is 2.01. The van der Waals surface area contributed by atoms with Gasteiger partial charge < -0.3 is 3.55 Å². The number of halogens is 2. The van der Waals surface area contributed by atoms with E-state index in [0.29, 0.717) is 0 Å². The molecule has 0 bridgehead atoms. The van der Waals surface area contributed by atoms with Crippen molar-refractivity contribution in [1.82, 2.24) is 8.53 Å². The molecule has 0 saturated heterocycles. The Hall–Kier alpha value is -0.278. The van der Waals surface area contributed by atoms with Gasteiger partial charge >= 0.3 is 16.5 Å². The fourth-order valence-corrected chi connectivity index (χ4v) is 3.38. The van der Waals surface area contributed by atoms with E-state index >= 15 is 0 Å². The molecule has 3 aromatic rings. The fourth-order valence-electron chi connectivity index (χ4n) is 2.03. The van der Waals surface area contributed by atoms with Crippen LogP contribution in [0.5, 0.6) is 0 Å². The molecule has 0 aliphatic heterocycles. The Morgan fingerprint density at radius 2 is 2.06 bits per heavy atom. The van der Waals surface area contributed by atoms with Crippen LogP contribution in [0.25, 0.3) is 21.9 Å². The van der Waals surface area contributed by atoms with Crippen LogP contribution in [0, 0.1) is 10.6 Å². The molecule has 2 aromatic heterocycles. The van der Waals surface area contributed by atoms with Crippen molar-refractivity contribution < 1.29 is 0 Å². The predicted molar refractivity (Wildman–Crippen MR) is 80.9 cm³/mol. The number of aromatic nitrogens is 2. The van der Waals surface area contributed by atoms with Gasteiger partial charge in [-0.15, -0.1) is 0 Å². The van der Waals surface area contributed by atoms with Crippen molar-refractivity contribution >= 4 is 72.6 Å². The van der Waals surface area contributed by atoms with Gasteiger partial charge in [-0.1, -0.05) is 29.8 Å². The van der Waals surface area contributed by atoms with Crippen molar-refractivity contribution in [3.05, 3.63) is 38.6 Å². The lowest BCUT2D eigenvalue weighted by molar-refractivity contribution is 1.21. The maximum atomic E-state index is 6.46. The molecule has 0 atom stereocenters. The second-order valence-corrected chi connectivity index (χ2v) is 5.84. The van der Waals surface area contributed by atoms with Crippen molar-refractivity contribution in [1.29, 1.82) is 0 Å². The molecule has 3 rings (SSSR count). The molecule has 0 aliphatic carbocycles. The summed E-state index contributed by atoms with van der Waals surface area (Å²) in [6, 6.07) is 8.20. The fraction of sp³-hybridized carbons (Fsp3) is 0.0833. The maximum absolute atomic E-state index is 6.46. The number of benzene rings is 1. The van der Waals surface area contributed by atoms with E-state index in [4.69, 9.17) is 11.6 Å². The third kappa shape index (κ3) is 1.62. The zero-order valence-corrected chi connectivity index (χ0v) is 13.1. The minimum Gasteiger partial charge on any atom is -0.437 e. The minimum atomic E-state index is 0.803. The third-order valence-electron chi connectivity index (χ3n) is 2.95. The van der Waals surface area contributed by atoms with Crippen molar-refractivity contribution in [2.45, 2.75) is 6.92 Å². The largest absolute Gasteiger partial charge is 0.437 e. The van der Waals surface area contributed by atoms with Gasteiger partial charge in [0.25, 0.3) is 0 Å². The first-order valence-electron chi connectivity index (χ1n) is 5.11. The van der Waals surface area contributed by atoms with Gasteiger partial charge in [-0.05, 0) is 35.6 Å². The van der Waals surface area contributed by atoms with Crippen molar-refractivity contribution in [2.75, 3.05) is 0 Å². The van der Waals surface area contributed by atoms with E-state index < -0.39 is 0 Å². The van der Waals surface area contributed by atoms with Gasteiger partial charge in [0.1, 0.15) is 9.35 Å².